The Morgan fingerprint density at radius 3 is 2.24 bits per heavy atom. The average Bonchev–Trinajstić information content (AvgIpc) is 3.45. The molecule has 45 heavy (non-hydrogen) atoms. The smallest absolute Gasteiger partial charge is 0.449 e. The first kappa shape index (κ1) is 31.8. The standard InChI is InChI=1S/C32H24F6N2O4S/c1-19-7-8-20-5-3-4-6-26(20)29(19)30(41)40(18-24-11-12-28(44-24)32(36,37)38)17-22-10-9-21(14-27(22)31(33,34)35)23-13-25(16-39-15-23)45(2,42)43/h3-16H,17-18H2,1-2H3. The maximum Gasteiger partial charge on any atom is 0.449 e. The lowest BCUT2D eigenvalue weighted by atomic mass is 9.97. The van der Waals surface area contributed by atoms with E-state index in [1.165, 1.54) is 18.3 Å². The Bertz CT molecular complexity index is 2020. The van der Waals surface area contributed by atoms with Gasteiger partial charge in [-0.05, 0) is 58.7 Å². The molecule has 0 fully saturated rings. The summed E-state index contributed by atoms with van der Waals surface area (Å²) < 4.78 is 112. The molecular weight excluding hydrogens is 622 g/mol. The molecule has 0 saturated heterocycles. The number of alkyl halides is 6. The lowest BCUT2D eigenvalue weighted by molar-refractivity contribution is -0.153. The Hall–Kier alpha value is -4.65. The number of aryl methyl sites for hydroxylation is 1. The summed E-state index contributed by atoms with van der Waals surface area (Å²) in [5.41, 5.74) is -0.620. The van der Waals surface area contributed by atoms with Crippen LogP contribution in [0.2, 0.25) is 0 Å². The second-order valence-electron chi connectivity index (χ2n) is 10.5. The van der Waals surface area contributed by atoms with E-state index in [4.69, 9.17) is 4.42 Å². The molecule has 0 unspecified atom stereocenters. The maximum atomic E-state index is 14.5. The van der Waals surface area contributed by atoms with Crippen LogP contribution in [0.15, 0.2) is 94.5 Å². The van der Waals surface area contributed by atoms with Crippen molar-refractivity contribution in [2.45, 2.75) is 37.3 Å². The van der Waals surface area contributed by atoms with Gasteiger partial charge in [0.05, 0.1) is 22.6 Å². The molecule has 6 nitrogen and oxygen atoms in total. The molecule has 3 aromatic carbocycles. The number of benzene rings is 3. The van der Waals surface area contributed by atoms with Crippen LogP contribution in [0.3, 0.4) is 0 Å². The fourth-order valence-electron chi connectivity index (χ4n) is 4.97. The number of pyridine rings is 1. The van der Waals surface area contributed by atoms with Crippen molar-refractivity contribution in [3.63, 3.8) is 0 Å². The minimum atomic E-state index is -4.91. The van der Waals surface area contributed by atoms with Crippen molar-refractivity contribution in [1.29, 1.82) is 0 Å². The number of hydrogen-bond acceptors (Lipinski definition) is 5. The number of amides is 1. The van der Waals surface area contributed by atoms with Gasteiger partial charge < -0.3 is 9.32 Å². The molecule has 2 heterocycles. The van der Waals surface area contributed by atoms with Crippen LogP contribution in [0.5, 0.6) is 0 Å². The van der Waals surface area contributed by atoms with E-state index in [9.17, 15) is 39.6 Å². The second kappa shape index (κ2) is 11.7. The SMILES string of the molecule is Cc1ccc2ccccc2c1C(=O)N(Cc1ccc(C(F)(F)F)o1)Cc1ccc(-c2cncc(S(C)(=O)=O)c2)cc1C(F)(F)F. The molecule has 2 aromatic heterocycles. The molecule has 0 aliphatic rings. The van der Waals surface area contributed by atoms with Gasteiger partial charge in [-0.1, -0.05) is 48.5 Å². The Balaban J connectivity index is 1.61. The Kier molecular flexibility index (Phi) is 8.25. The Morgan fingerprint density at radius 1 is 0.844 bits per heavy atom. The fourth-order valence-corrected chi connectivity index (χ4v) is 5.56. The zero-order valence-corrected chi connectivity index (χ0v) is 24.5. The van der Waals surface area contributed by atoms with Crippen LogP contribution in [-0.2, 0) is 35.3 Å². The summed E-state index contributed by atoms with van der Waals surface area (Å²) in [6.07, 6.45) is -6.47. The Morgan fingerprint density at radius 2 is 1.58 bits per heavy atom. The lowest BCUT2D eigenvalue weighted by Gasteiger charge is -2.26. The van der Waals surface area contributed by atoms with Crippen molar-refractivity contribution in [2.75, 3.05) is 6.26 Å². The summed E-state index contributed by atoms with van der Waals surface area (Å²) in [6.45, 7) is 0.457. The van der Waals surface area contributed by atoms with Crippen LogP contribution in [-0.4, -0.2) is 30.5 Å². The number of nitrogens with zero attached hydrogens (tertiary/aromatic N) is 2. The van der Waals surface area contributed by atoms with Gasteiger partial charge in [0.2, 0.25) is 5.76 Å². The maximum absolute atomic E-state index is 14.5. The van der Waals surface area contributed by atoms with Crippen molar-refractivity contribution in [1.82, 2.24) is 9.88 Å². The first-order chi connectivity index (χ1) is 21.0. The molecule has 5 rings (SSSR count). The highest BCUT2D eigenvalue weighted by molar-refractivity contribution is 7.90. The van der Waals surface area contributed by atoms with Crippen molar-refractivity contribution in [2.24, 2.45) is 0 Å². The third-order valence-corrected chi connectivity index (χ3v) is 8.26. The van der Waals surface area contributed by atoms with Crippen LogP contribution in [0, 0.1) is 6.92 Å². The highest BCUT2D eigenvalue weighted by atomic mass is 32.2. The first-order valence-electron chi connectivity index (χ1n) is 13.3. The molecular formula is C32H24F6N2O4S. The average molecular weight is 647 g/mol. The van der Waals surface area contributed by atoms with Crippen LogP contribution in [0.25, 0.3) is 21.9 Å². The first-order valence-corrected chi connectivity index (χ1v) is 15.2. The van der Waals surface area contributed by atoms with E-state index in [1.54, 1.807) is 43.3 Å². The summed E-state index contributed by atoms with van der Waals surface area (Å²) >= 11 is 0. The second-order valence-corrected chi connectivity index (χ2v) is 12.5. The minimum absolute atomic E-state index is 0.0210. The van der Waals surface area contributed by atoms with Gasteiger partial charge in [0, 0.05) is 30.8 Å². The molecule has 5 aromatic rings. The van der Waals surface area contributed by atoms with E-state index < -0.39 is 52.5 Å². The molecule has 0 aliphatic heterocycles. The molecule has 0 atom stereocenters. The number of sulfone groups is 1. The zero-order chi connectivity index (χ0) is 32.7. The van der Waals surface area contributed by atoms with E-state index in [0.717, 1.165) is 35.6 Å². The van der Waals surface area contributed by atoms with E-state index in [1.807, 2.05) is 0 Å². The molecule has 0 bridgehead atoms. The molecule has 1 amide bonds. The third-order valence-electron chi connectivity index (χ3n) is 7.18. The molecule has 0 N–H and O–H groups in total. The fraction of sp³-hybridized carbons (Fsp3) is 0.188. The normalized spacial score (nSPS) is 12.4. The van der Waals surface area contributed by atoms with Gasteiger partial charge in [0.15, 0.2) is 9.84 Å². The van der Waals surface area contributed by atoms with E-state index in [-0.39, 0.29) is 32.9 Å². The van der Waals surface area contributed by atoms with Crippen LogP contribution in [0.4, 0.5) is 26.3 Å². The number of furan rings is 1. The zero-order valence-electron chi connectivity index (χ0n) is 23.7. The molecule has 0 saturated carbocycles. The van der Waals surface area contributed by atoms with E-state index in [2.05, 4.69) is 4.98 Å². The van der Waals surface area contributed by atoms with Gasteiger partial charge in [-0.3, -0.25) is 9.78 Å². The van der Waals surface area contributed by atoms with E-state index in [0.29, 0.717) is 22.4 Å². The van der Waals surface area contributed by atoms with Crippen LogP contribution >= 0.6 is 0 Å². The number of carbonyl (C=O) groups is 1. The summed E-state index contributed by atoms with van der Waals surface area (Å²) in [5, 5.41) is 1.21. The largest absolute Gasteiger partial charge is 0.455 e. The number of fused-ring (bicyclic) bond motifs is 1. The summed E-state index contributed by atoms with van der Waals surface area (Å²) in [4.78, 5) is 18.8. The molecule has 0 aliphatic carbocycles. The molecule has 234 valence electrons. The highest BCUT2D eigenvalue weighted by Crippen LogP contribution is 2.37. The minimum Gasteiger partial charge on any atom is -0.455 e. The quantitative estimate of drug-likeness (QED) is 0.167. The van der Waals surface area contributed by atoms with Crippen molar-refractivity contribution in [3.8, 4) is 11.1 Å². The summed E-state index contributed by atoms with van der Waals surface area (Å²) in [6, 6.07) is 16.5. The monoisotopic (exact) mass is 646 g/mol. The summed E-state index contributed by atoms with van der Waals surface area (Å²) in [5.74, 6) is -2.30. The van der Waals surface area contributed by atoms with Gasteiger partial charge >= 0.3 is 12.4 Å². The number of hydrogen-bond donors (Lipinski definition) is 0. The van der Waals surface area contributed by atoms with Gasteiger partial charge in [-0.15, -0.1) is 0 Å². The predicted molar refractivity (Wildman–Crippen MR) is 154 cm³/mol. The molecule has 13 heteroatoms. The van der Waals surface area contributed by atoms with Gasteiger partial charge in [-0.2, -0.15) is 26.3 Å². The van der Waals surface area contributed by atoms with E-state index >= 15 is 0 Å². The number of rotatable bonds is 7. The van der Waals surface area contributed by atoms with Crippen molar-refractivity contribution < 1.29 is 44.0 Å². The van der Waals surface area contributed by atoms with Gasteiger partial charge in [0.25, 0.3) is 5.91 Å². The predicted octanol–water partition coefficient (Wildman–Crippen LogP) is 8.09. The topological polar surface area (TPSA) is 80.5 Å². The van der Waals surface area contributed by atoms with Gasteiger partial charge in [-0.25, -0.2) is 8.42 Å². The molecule has 0 radical (unpaired) electrons. The van der Waals surface area contributed by atoms with Crippen LogP contribution in [0.1, 0.15) is 38.6 Å². The van der Waals surface area contributed by atoms with Crippen molar-refractivity contribution >= 4 is 26.5 Å². The Labute approximate surface area is 253 Å². The van der Waals surface area contributed by atoms with Gasteiger partial charge in [0.1, 0.15) is 5.76 Å². The number of halogens is 6. The lowest BCUT2D eigenvalue weighted by Crippen LogP contribution is -2.31. The third kappa shape index (κ3) is 6.88. The number of aromatic nitrogens is 1. The van der Waals surface area contributed by atoms with Crippen molar-refractivity contribution in [3.05, 3.63) is 119 Å². The highest BCUT2D eigenvalue weighted by Gasteiger charge is 2.37. The summed E-state index contributed by atoms with van der Waals surface area (Å²) in [7, 11) is -3.70. The number of carbonyl (C=O) groups excluding carboxylic acids is 1. The molecule has 0 spiro atoms. The van der Waals surface area contributed by atoms with Crippen LogP contribution < -0.4 is 0 Å².